The summed E-state index contributed by atoms with van der Waals surface area (Å²) in [5.41, 5.74) is 7.70. The number of fused-ring (bicyclic) bond motifs is 1. The second-order valence-corrected chi connectivity index (χ2v) is 6.90. The zero-order valence-corrected chi connectivity index (χ0v) is 15.6. The number of carbonyl (C=O) groups excluding carboxylic acids is 1. The van der Waals surface area contributed by atoms with Crippen molar-refractivity contribution in [1.29, 1.82) is 0 Å². The summed E-state index contributed by atoms with van der Waals surface area (Å²) in [5.74, 6) is 0.691. The Bertz CT molecular complexity index is 1120. The predicted octanol–water partition coefficient (Wildman–Crippen LogP) is 5.41. The Kier molecular flexibility index (Phi) is 4.24. The number of carbonyl (C=O) groups is 1. The zero-order chi connectivity index (χ0) is 19.0. The largest absolute Gasteiger partial charge is 0.338 e. The van der Waals surface area contributed by atoms with E-state index in [1.165, 1.54) is 5.56 Å². The van der Waals surface area contributed by atoms with Gasteiger partial charge >= 0.3 is 0 Å². The van der Waals surface area contributed by atoms with Gasteiger partial charge in [0.05, 0.1) is 11.0 Å². The van der Waals surface area contributed by atoms with Gasteiger partial charge in [-0.2, -0.15) is 0 Å². The van der Waals surface area contributed by atoms with Gasteiger partial charge in [-0.15, -0.1) is 0 Å². The minimum atomic E-state index is -0.112. The highest BCUT2D eigenvalue weighted by molar-refractivity contribution is 6.05. The van der Waals surface area contributed by atoms with E-state index in [0.29, 0.717) is 5.56 Å². The third-order valence-corrected chi connectivity index (χ3v) is 4.78. The summed E-state index contributed by atoms with van der Waals surface area (Å²) >= 11 is 0. The predicted molar refractivity (Wildman–Crippen MR) is 110 cm³/mol. The third kappa shape index (κ3) is 3.34. The van der Waals surface area contributed by atoms with Gasteiger partial charge in [-0.1, -0.05) is 36.4 Å². The van der Waals surface area contributed by atoms with Crippen molar-refractivity contribution >= 4 is 22.6 Å². The van der Waals surface area contributed by atoms with Crippen LogP contribution in [0, 0.1) is 20.8 Å². The van der Waals surface area contributed by atoms with Crippen LogP contribution in [0.15, 0.2) is 60.7 Å². The zero-order valence-electron chi connectivity index (χ0n) is 15.6. The lowest BCUT2D eigenvalue weighted by molar-refractivity contribution is 0.102. The smallest absolute Gasteiger partial charge is 0.255 e. The van der Waals surface area contributed by atoms with Crippen LogP contribution in [0.5, 0.6) is 0 Å². The molecule has 4 aromatic rings. The molecule has 0 bridgehead atoms. The lowest BCUT2D eigenvalue weighted by Crippen LogP contribution is -2.13. The fourth-order valence-corrected chi connectivity index (χ4v) is 3.24. The van der Waals surface area contributed by atoms with Crippen molar-refractivity contribution in [3.8, 4) is 11.4 Å². The maximum absolute atomic E-state index is 12.6. The van der Waals surface area contributed by atoms with E-state index < -0.39 is 0 Å². The Balaban J connectivity index is 1.58. The number of aromatic nitrogens is 2. The van der Waals surface area contributed by atoms with Crippen molar-refractivity contribution in [2.24, 2.45) is 0 Å². The molecule has 0 spiro atoms. The summed E-state index contributed by atoms with van der Waals surface area (Å²) in [6, 6.07) is 19.6. The van der Waals surface area contributed by atoms with Crippen molar-refractivity contribution in [1.82, 2.24) is 9.97 Å². The number of amides is 1. The number of hydrogen-bond acceptors (Lipinski definition) is 2. The van der Waals surface area contributed by atoms with Crippen LogP contribution in [0.3, 0.4) is 0 Å². The number of aromatic amines is 1. The summed E-state index contributed by atoms with van der Waals surface area (Å²) < 4.78 is 0. The van der Waals surface area contributed by atoms with Gasteiger partial charge in [0.1, 0.15) is 5.82 Å². The van der Waals surface area contributed by atoms with Crippen molar-refractivity contribution in [3.05, 3.63) is 82.9 Å². The Morgan fingerprint density at radius 1 is 0.926 bits per heavy atom. The first-order valence-corrected chi connectivity index (χ1v) is 8.95. The highest BCUT2D eigenvalue weighted by Crippen LogP contribution is 2.23. The van der Waals surface area contributed by atoms with Gasteiger partial charge in [-0.3, -0.25) is 4.79 Å². The number of nitrogens with one attached hydrogen (secondary N) is 2. The summed E-state index contributed by atoms with van der Waals surface area (Å²) in [6.07, 6.45) is 0. The number of anilines is 1. The van der Waals surface area contributed by atoms with E-state index in [9.17, 15) is 4.79 Å². The van der Waals surface area contributed by atoms with Crippen LogP contribution in [-0.4, -0.2) is 15.9 Å². The second kappa shape index (κ2) is 6.72. The molecule has 4 nitrogen and oxygen atoms in total. The lowest BCUT2D eigenvalue weighted by Gasteiger charge is -2.11. The molecule has 0 aliphatic carbocycles. The molecule has 0 saturated heterocycles. The standard InChI is InChI=1S/C23H21N3O/c1-14-7-12-19-20(13-14)25-22(24-19)17-8-10-18(11-9-17)23(27)26-21-15(2)5-4-6-16(21)3/h4-13H,1-3H3,(H,24,25)(H,26,27). The Labute approximate surface area is 158 Å². The fourth-order valence-electron chi connectivity index (χ4n) is 3.24. The Hall–Kier alpha value is -3.40. The quantitative estimate of drug-likeness (QED) is 0.516. The first-order valence-electron chi connectivity index (χ1n) is 8.95. The number of rotatable bonds is 3. The summed E-state index contributed by atoms with van der Waals surface area (Å²) in [6.45, 7) is 6.05. The summed E-state index contributed by atoms with van der Waals surface area (Å²) in [5, 5.41) is 3.02. The van der Waals surface area contributed by atoms with Gasteiger partial charge < -0.3 is 10.3 Å². The number of para-hydroxylation sites is 1. The summed E-state index contributed by atoms with van der Waals surface area (Å²) in [7, 11) is 0. The molecule has 0 radical (unpaired) electrons. The van der Waals surface area contributed by atoms with E-state index in [1.807, 2.05) is 68.4 Å². The maximum atomic E-state index is 12.6. The first-order chi connectivity index (χ1) is 13.0. The van der Waals surface area contributed by atoms with E-state index >= 15 is 0 Å². The topological polar surface area (TPSA) is 57.8 Å². The van der Waals surface area contributed by atoms with Gasteiger partial charge in [0.2, 0.25) is 0 Å². The van der Waals surface area contributed by atoms with Crippen LogP contribution >= 0.6 is 0 Å². The van der Waals surface area contributed by atoms with Crippen LogP contribution < -0.4 is 5.32 Å². The van der Waals surface area contributed by atoms with Gasteiger partial charge in [-0.25, -0.2) is 4.98 Å². The fraction of sp³-hybridized carbons (Fsp3) is 0.130. The number of imidazole rings is 1. The Morgan fingerprint density at radius 3 is 2.33 bits per heavy atom. The molecule has 4 rings (SSSR count). The van der Waals surface area contributed by atoms with Crippen LogP contribution in [0.25, 0.3) is 22.4 Å². The molecule has 2 N–H and O–H groups in total. The van der Waals surface area contributed by atoms with E-state index in [1.54, 1.807) is 0 Å². The van der Waals surface area contributed by atoms with E-state index in [0.717, 1.165) is 39.2 Å². The van der Waals surface area contributed by atoms with Crippen LogP contribution in [-0.2, 0) is 0 Å². The van der Waals surface area contributed by atoms with Crippen LogP contribution in [0.4, 0.5) is 5.69 Å². The minimum absolute atomic E-state index is 0.112. The molecule has 1 amide bonds. The number of hydrogen-bond donors (Lipinski definition) is 2. The average Bonchev–Trinajstić information content (AvgIpc) is 3.08. The van der Waals surface area contributed by atoms with Gasteiger partial charge in [0, 0.05) is 16.8 Å². The minimum Gasteiger partial charge on any atom is -0.338 e. The molecule has 1 aromatic heterocycles. The van der Waals surface area contributed by atoms with E-state index in [4.69, 9.17) is 0 Å². The van der Waals surface area contributed by atoms with Crippen LogP contribution in [0.2, 0.25) is 0 Å². The molecule has 0 aliphatic rings. The van der Waals surface area contributed by atoms with Gasteiger partial charge in [-0.05, 0) is 61.7 Å². The van der Waals surface area contributed by atoms with Crippen molar-refractivity contribution in [3.63, 3.8) is 0 Å². The third-order valence-electron chi connectivity index (χ3n) is 4.78. The Morgan fingerprint density at radius 2 is 1.63 bits per heavy atom. The number of nitrogens with zero attached hydrogens (tertiary/aromatic N) is 1. The van der Waals surface area contributed by atoms with E-state index in [2.05, 4.69) is 28.3 Å². The SMILES string of the molecule is Cc1ccc2nc(-c3ccc(C(=O)Nc4c(C)cccc4C)cc3)[nH]c2c1. The number of aryl methyl sites for hydroxylation is 3. The first kappa shape index (κ1) is 17.0. The highest BCUT2D eigenvalue weighted by atomic mass is 16.1. The normalized spacial score (nSPS) is 10.9. The molecular weight excluding hydrogens is 334 g/mol. The molecule has 134 valence electrons. The molecule has 0 unspecified atom stereocenters. The highest BCUT2D eigenvalue weighted by Gasteiger charge is 2.11. The second-order valence-electron chi connectivity index (χ2n) is 6.90. The lowest BCUT2D eigenvalue weighted by atomic mass is 10.1. The molecule has 3 aromatic carbocycles. The van der Waals surface area contributed by atoms with Crippen molar-refractivity contribution < 1.29 is 4.79 Å². The molecule has 0 atom stereocenters. The molecule has 0 fully saturated rings. The van der Waals surface area contributed by atoms with Crippen molar-refractivity contribution in [2.75, 3.05) is 5.32 Å². The molecule has 4 heteroatoms. The molecule has 0 aliphatic heterocycles. The molecule has 27 heavy (non-hydrogen) atoms. The van der Waals surface area contributed by atoms with Crippen molar-refractivity contribution in [2.45, 2.75) is 20.8 Å². The molecule has 1 heterocycles. The van der Waals surface area contributed by atoms with Gasteiger partial charge in [0.25, 0.3) is 5.91 Å². The average molecular weight is 355 g/mol. The number of H-pyrrole nitrogens is 1. The monoisotopic (exact) mass is 355 g/mol. The summed E-state index contributed by atoms with van der Waals surface area (Å²) in [4.78, 5) is 20.6. The number of benzene rings is 3. The molecular formula is C23H21N3O. The van der Waals surface area contributed by atoms with E-state index in [-0.39, 0.29) is 5.91 Å². The molecule has 0 saturated carbocycles. The van der Waals surface area contributed by atoms with Gasteiger partial charge in [0.15, 0.2) is 0 Å². The van der Waals surface area contributed by atoms with Crippen LogP contribution in [0.1, 0.15) is 27.0 Å². The maximum Gasteiger partial charge on any atom is 0.255 e.